The Morgan fingerprint density at radius 2 is 1.57 bits per heavy atom. The normalized spacial score (nSPS) is 19.9. The number of hydrogen-bond acceptors (Lipinski definition) is 5. The van der Waals surface area contributed by atoms with Gasteiger partial charge in [-0.2, -0.15) is 0 Å². The quantitative estimate of drug-likeness (QED) is 0.412. The van der Waals surface area contributed by atoms with Crippen LogP contribution >= 0.6 is 0 Å². The summed E-state index contributed by atoms with van der Waals surface area (Å²) in [4.78, 5) is 2.32. The van der Waals surface area contributed by atoms with Crippen molar-refractivity contribution in [1.82, 2.24) is 0 Å². The summed E-state index contributed by atoms with van der Waals surface area (Å²) in [7, 11) is 1.93. The number of anilines is 1. The number of nitrogens with zero attached hydrogens (tertiary/aromatic N) is 1. The number of rotatable bonds is 9. The number of aliphatic hydroxyl groups excluding tert-OH is 1. The molecular weight excluding hydrogens is 458 g/mol. The molecule has 3 rings (SSSR count). The van der Waals surface area contributed by atoms with Crippen molar-refractivity contribution in [3.63, 3.8) is 0 Å². The van der Waals surface area contributed by atoms with Gasteiger partial charge < -0.3 is 14.7 Å². The molecule has 1 aliphatic heterocycles. The van der Waals surface area contributed by atoms with Gasteiger partial charge in [-0.25, -0.2) is 8.42 Å². The van der Waals surface area contributed by atoms with Crippen LogP contribution in [0.15, 0.2) is 47.4 Å². The molecule has 0 bridgehead atoms. The van der Waals surface area contributed by atoms with E-state index in [2.05, 4.69) is 13.8 Å². The largest absolute Gasteiger partial charge is 0.497 e. The molecule has 1 heterocycles. The zero-order chi connectivity index (χ0) is 24.2. The lowest BCUT2D eigenvalue weighted by Gasteiger charge is -2.40. The van der Waals surface area contributed by atoms with Crippen molar-refractivity contribution < 1.29 is 18.3 Å². The first kappa shape index (κ1) is 31.0. The molecule has 6 heteroatoms. The first-order chi connectivity index (χ1) is 15.7. The summed E-state index contributed by atoms with van der Waals surface area (Å²) in [5, 5.41) is 12.1. The molecule has 0 saturated heterocycles. The molecule has 0 aliphatic carbocycles. The highest BCUT2D eigenvalue weighted by Gasteiger charge is 2.49. The van der Waals surface area contributed by atoms with Gasteiger partial charge in [0.25, 0.3) is 0 Å². The van der Waals surface area contributed by atoms with Gasteiger partial charge in [0.1, 0.15) is 5.75 Å². The van der Waals surface area contributed by atoms with Crippen molar-refractivity contribution in [2.24, 2.45) is 5.41 Å². The zero-order valence-corrected chi connectivity index (χ0v) is 21.5. The van der Waals surface area contributed by atoms with Gasteiger partial charge in [0.15, 0.2) is 9.84 Å². The van der Waals surface area contributed by atoms with Gasteiger partial charge in [0.05, 0.1) is 23.9 Å². The maximum Gasteiger partial charge on any atom is 0.179 e. The van der Waals surface area contributed by atoms with Crippen LogP contribution in [0, 0.1) is 5.41 Å². The summed E-state index contributed by atoms with van der Waals surface area (Å²) in [6.07, 6.45) is 4.31. The molecule has 0 fully saturated rings. The highest BCUT2D eigenvalue weighted by Crippen LogP contribution is 2.50. The fraction of sp³-hybridized carbons (Fsp3) is 0.586. The smallest absolute Gasteiger partial charge is 0.179 e. The molecule has 35 heavy (non-hydrogen) atoms. The SMILES string of the molecule is C.C.CCCCC1(CCCC)CS(=O)(=O)c2ccc(N(C)C)cc2[C@@H](c2ccc(OC)cc2)[C@H]1O. The van der Waals surface area contributed by atoms with E-state index in [1.165, 1.54) is 0 Å². The Morgan fingerprint density at radius 3 is 2.06 bits per heavy atom. The predicted molar refractivity (Wildman–Crippen MR) is 149 cm³/mol. The van der Waals surface area contributed by atoms with Crippen LogP contribution in [0.4, 0.5) is 5.69 Å². The molecule has 2 atom stereocenters. The third-order valence-electron chi connectivity index (χ3n) is 7.13. The average Bonchev–Trinajstić information content (AvgIpc) is 2.87. The van der Waals surface area contributed by atoms with Crippen LogP contribution in [0.5, 0.6) is 5.75 Å². The van der Waals surface area contributed by atoms with E-state index in [0.717, 1.165) is 42.7 Å². The minimum atomic E-state index is -3.58. The van der Waals surface area contributed by atoms with E-state index in [-0.39, 0.29) is 20.6 Å². The van der Waals surface area contributed by atoms with Crippen LogP contribution in [0.25, 0.3) is 0 Å². The summed E-state index contributed by atoms with van der Waals surface area (Å²) in [6, 6.07) is 13.2. The molecule has 198 valence electrons. The standard InChI is InChI=1S/C27H39NO4S.2CH4/c1-6-8-16-27(17-9-7-2)19-33(30,31)24-15-12-21(28(3)4)18-23(24)25(26(27)29)20-10-13-22(32-5)14-11-20;;/h10-15,18,25-26,29H,6-9,16-17,19H2,1-5H3;2*1H4/t25-,26-;;/m1../s1. The van der Waals surface area contributed by atoms with Crippen molar-refractivity contribution in [2.75, 3.05) is 31.9 Å². The minimum absolute atomic E-state index is 0. The summed E-state index contributed by atoms with van der Waals surface area (Å²) >= 11 is 0. The lowest BCUT2D eigenvalue weighted by Crippen LogP contribution is -2.43. The van der Waals surface area contributed by atoms with Crippen molar-refractivity contribution >= 4 is 15.5 Å². The van der Waals surface area contributed by atoms with E-state index < -0.39 is 27.3 Å². The number of methoxy groups -OCH3 is 1. The third-order valence-corrected chi connectivity index (χ3v) is 9.13. The van der Waals surface area contributed by atoms with Gasteiger partial charge in [-0.3, -0.25) is 0 Å². The molecule has 2 aromatic carbocycles. The average molecular weight is 506 g/mol. The van der Waals surface area contributed by atoms with Crippen molar-refractivity contribution in [3.8, 4) is 5.75 Å². The van der Waals surface area contributed by atoms with Gasteiger partial charge >= 0.3 is 0 Å². The monoisotopic (exact) mass is 505 g/mol. The molecule has 1 N–H and O–H groups in total. The topological polar surface area (TPSA) is 66.8 Å². The number of ether oxygens (including phenoxy) is 1. The highest BCUT2D eigenvalue weighted by atomic mass is 32.2. The predicted octanol–water partition coefficient (Wildman–Crippen LogP) is 6.68. The van der Waals surface area contributed by atoms with Crippen LogP contribution in [0.2, 0.25) is 0 Å². The van der Waals surface area contributed by atoms with Crippen LogP contribution < -0.4 is 9.64 Å². The first-order valence-electron chi connectivity index (χ1n) is 12.0. The number of unbranched alkanes of at least 4 members (excludes halogenated alkanes) is 2. The van der Waals surface area contributed by atoms with Crippen molar-refractivity contribution in [1.29, 1.82) is 0 Å². The highest BCUT2D eigenvalue weighted by molar-refractivity contribution is 7.91. The number of hydrogen-bond donors (Lipinski definition) is 1. The zero-order valence-electron chi connectivity index (χ0n) is 20.7. The second-order valence-corrected chi connectivity index (χ2v) is 11.6. The maximum absolute atomic E-state index is 13.8. The van der Waals surface area contributed by atoms with E-state index in [4.69, 9.17) is 4.74 Å². The number of sulfone groups is 1. The Bertz CT molecular complexity index is 1020. The number of fused-ring (bicyclic) bond motifs is 1. The molecule has 0 radical (unpaired) electrons. The fourth-order valence-electron chi connectivity index (χ4n) is 5.20. The van der Waals surface area contributed by atoms with Gasteiger partial charge in [0.2, 0.25) is 0 Å². The molecule has 0 saturated carbocycles. The van der Waals surface area contributed by atoms with Gasteiger partial charge in [-0.05, 0) is 54.3 Å². The fourth-order valence-corrected chi connectivity index (χ4v) is 7.39. The Morgan fingerprint density at radius 1 is 1.00 bits per heavy atom. The Labute approximate surface area is 214 Å². The Hall–Kier alpha value is -2.05. The maximum atomic E-state index is 13.8. The van der Waals surface area contributed by atoms with Crippen LogP contribution in [0.3, 0.4) is 0 Å². The van der Waals surface area contributed by atoms with Crippen LogP contribution in [-0.2, 0) is 9.84 Å². The second-order valence-electron chi connectivity index (χ2n) is 9.64. The van der Waals surface area contributed by atoms with Crippen LogP contribution in [0.1, 0.15) is 84.3 Å². The minimum Gasteiger partial charge on any atom is -0.497 e. The van der Waals surface area contributed by atoms with E-state index >= 15 is 0 Å². The van der Waals surface area contributed by atoms with E-state index in [1.807, 2.05) is 55.4 Å². The molecule has 0 spiro atoms. The summed E-state index contributed by atoms with van der Waals surface area (Å²) in [5.74, 6) is 0.291. The molecule has 0 aromatic heterocycles. The Balaban J connectivity index is 0.00000306. The van der Waals surface area contributed by atoms with E-state index in [9.17, 15) is 13.5 Å². The molecular formula is C29H47NO4S. The summed E-state index contributed by atoms with van der Waals surface area (Å²) in [5.41, 5.74) is 1.83. The molecule has 0 unspecified atom stereocenters. The number of benzene rings is 2. The summed E-state index contributed by atoms with van der Waals surface area (Å²) in [6.45, 7) is 4.23. The first-order valence-corrected chi connectivity index (χ1v) is 13.7. The molecule has 1 aliphatic rings. The lowest BCUT2D eigenvalue weighted by atomic mass is 9.68. The molecule has 0 amide bonds. The molecule has 5 nitrogen and oxygen atoms in total. The summed E-state index contributed by atoms with van der Waals surface area (Å²) < 4.78 is 32.9. The second kappa shape index (κ2) is 12.8. The van der Waals surface area contributed by atoms with E-state index in [1.54, 1.807) is 13.2 Å². The third kappa shape index (κ3) is 6.39. The van der Waals surface area contributed by atoms with Crippen molar-refractivity contribution in [2.45, 2.75) is 84.1 Å². The van der Waals surface area contributed by atoms with Gasteiger partial charge in [0, 0.05) is 31.1 Å². The van der Waals surface area contributed by atoms with Crippen molar-refractivity contribution in [3.05, 3.63) is 53.6 Å². The van der Waals surface area contributed by atoms with E-state index in [0.29, 0.717) is 23.3 Å². The number of aliphatic hydroxyl groups is 1. The van der Waals surface area contributed by atoms with Gasteiger partial charge in [-0.1, -0.05) is 66.5 Å². The lowest BCUT2D eigenvalue weighted by molar-refractivity contribution is 0.0127. The van der Waals surface area contributed by atoms with Gasteiger partial charge in [-0.15, -0.1) is 0 Å². The molecule has 2 aromatic rings. The Kier molecular flexibility index (Phi) is 11.3. The van der Waals surface area contributed by atoms with Crippen LogP contribution in [-0.4, -0.2) is 46.6 Å².